The van der Waals surface area contributed by atoms with Gasteiger partial charge in [0.15, 0.2) is 0 Å². The molecule has 0 atom stereocenters. The SMILES string of the molecule is NC(=O)C1CCN(CCC(=O)N2CC(c3nc4ccccc4[nH]3)C2)CC1. The number of para-hydroxylation sites is 2. The van der Waals surface area contributed by atoms with Gasteiger partial charge in [-0.2, -0.15) is 0 Å². The number of imidazole rings is 1. The number of primary amides is 1. The molecule has 1 aromatic heterocycles. The number of aromatic nitrogens is 2. The predicted molar refractivity (Wildman–Crippen MR) is 98.4 cm³/mol. The molecule has 0 aliphatic carbocycles. The fourth-order valence-corrected chi connectivity index (χ4v) is 3.87. The molecule has 0 radical (unpaired) electrons. The molecule has 3 heterocycles. The first-order valence-corrected chi connectivity index (χ1v) is 9.34. The monoisotopic (exact) mass is 355 g/mol. The van der Waals surface area contributed by atoms with E-state index < -0.39 is 0 Å². The van der Waals surface area contributed by atoms with Crippen LogP contribution < -0.4 is 5.73 Å². The molecule has 2 aromatic rings. The molecule has 26 heavy (non-hydrogen) atoms. The van der Waals surface area contributed by atoms with Crippen LogP contribution in [0.2, 0.25) is 0 Å². The molecular weight excluding hydrogens is 330 g/mol. The summed E-state index contributed by atoms with van der Waals surface area (Å²) in [4.78, 5) is 35.7. The van der Waals surface area contributed by atoms with Crippen LogP contribution in [0.1, 0.15) is 31.0 Å². The number of aromatic amines is 1. The average Bonchev–Trinajstić information content (AvgIpc) is 3.02. The lowest BCUT2D eigenvalue weighted by Crippen LogP contribution is -2.49. The molecule has 2 aliphatic rings. The number of fused-ring (bicyclic) bond motifs is 1. The number of nitrogens with one attached hydrogen (secondary N) is 1. The molecule has 138 valence electrons. The third-order valence-electron chi connectivity index (χ3n) is 5.66. The van der Waals surface area contributed by atoms with Crippen molar-refractivity contribution >= 4 is 22.8 Å². The third kappa shape index (κ3) is 3.44. The van der Waals surface area contributed by atoms with Crippen molar-refractivity contribution in [1.82, 2.24) is 19.8 Å². The minimum atomic E-state index is -0.196. The summed E-state index contributed by atoms with van der Waals surface area (Å²) in [5.74, 6) is 1.29. The largest absolute Gasteiger partial charge is 0.369 e. The van der Waals surface area contributed by atoms with Gasteiger partial charge in [0, 0.05) is 32.0 Å². The number of rotatable bonds is 5. The van der Waals surface area contributed by atoms with Gasteiger partial charge in [-0.15, -0.1) is 0 Å². The van der Waals surface area contributed by atoms with E-state index in [1.165, 1.54) is 0 Å². The van der Waals surface area contributed by atoms with E-state index >= 15 is 0 Å². The van der Waals surface area contributed by atoms with Crippen molar-refractivity contribution in [3.05, 3.63) is 30.1 Å². The molecule has 2 aliphatic heterocycles. The number of likely N-dealkylation sites (tertiary alicyclic amines) is 2. The summed E-state index contributed by atoms with van der Waals surface area (Å²) in [6.45, 7) is 3.94. The van der Waals surface area contributed by atoms with Gasteiger partial charge < -0.3 is 20.5 Å². The second-order valence-electron chi connectivity index (χ2n) is 7.40. The minimum Gasteiger partial charge on any atom is -0.369 e. The topological polar surface area (TPSA) is 95.3 Å². The predicted octanol–water partition coefficient (Wildman–Crippen LogP) is 1.08. The van der Waals surface area contributed by atoms with E-state index in [1.807, 2.05) is 29.2 Å². The summed E-state index contributed by atoms with van der Waals surface area (Å²) in [7, 11) is 0. The number of hydrogen-bond acceptors (Lipinski definition) is 4. The zero-order valence-electron chi connectivity index (χ0n) is 14.9. The maximum Gasteiger partial charge on any atom is 0.223 e. The van der Waals surface area contributed by atoms with Gasteiger partial charge in [0.25, 0.3) is 0 Å². The summed E-state index contributed by atoms with van der Waals surface area (Å²) in [5.41, 5.74) is 7.39. The van der Waals surface area contributed by atoms with Gasteiger partial charge in [-0.1, -0.05) is 12.1 Å². The first kappa shape index (κ1) is 17.0. The fraction of sp³-hybridized carbons (Fsp3) is 0.526. The summed E-state index contributed by atoms with van der Waals surface area (Å²) >= 11 is 0. The number of hydrogen-bond donors (Lipinski definition) is 2. The number of piperidine rings is 1. The van der Waals surface area contributed by atoms with Crippen molar-refractivity contribution < 1.29 is 9.59 Å². The molecule has 0 saturated carbocycles. The molecular formula is C19H25N5O2. The van der Waals surface area contributed by atoms with Gasteiger partial charge in [-0.3, -0.25) is 9.59 Å². The normalized spacial score (nSPS) is 19.6. The van der Waals surface area contributed by atoms with Crippen LogP contribution in [0.5, 0.6) is 0 Å². The van der Waals surface area contributed by atoms with Crippen molar-refractivity contribution in [3.63, 3.8) is 0 Å². The summed E-state index contributed by atoms with van der Waals surface area (Å²) in [6, 6.07) is 8.00. The Morgan fingerprint density at radius 3 is 2.62 bits per heavy atom. The van der Waals surface area contributed by atoms with Crippen LogP contribution in [-0.2, 0) is 9.59 Å². The van der Waals surface area contributed by atoms with Gasteiger partial charge in [0.05, 0.1) is 17.0 Å². The van der Waals surface area contributed by atoms with Crippen LogP contribution >= 0.6 is 0 Å². The number of H-pyrrole nitrogens is 1. The summed E-state index contributed by atoms with van der Waals surface area (Å²) < 4.78 is 0. The molecule has 7 nitrogen and oxygen atoms in total. The molecule has 2 saturated heterocycles. The van der Waals surface area contributed by atoms with Crippen molar-refractivity contribution in [2.24, 2.45) is 11.7 Å². The van der Waals surface area contributed by atoms with Gasteiger partial charge in [-0.25, -0.2) is 4.98 Å². The highest BCUT2D eigenvalue weighted by Gasteiger charge is 2.33. The van der Waals surface area contributed by atoms with E-state index in [0.717, 1.165) is 62.4 Å². The molecule has 2 fully saturated rings. The lowest BCUT2D eigenvalue weighted by molar-refractivity contribution is -0.136. The van der Waals surface area contributed by atoms with Crippen molar-refractivity contribution in [1.29, 1.82) is 0 Å². The molecule has 1 aromatic carbocycles. The van der Waals surface area contributed by atoms with Crippen molar-refractivity contribution in [2.45, 2.75) is 25.2 Å². The zero-order valence-corrected chi connectivity index (χ0v) is 14.9. The summed E-state index contributed by atoms with van der Waals surface area (Å²) in [5, 5.41) is 0. The molecule has 4 rings (SSSR count). The van der Waals surface area contributed by atoms with E-state index in [9.17, 15) is 9.59 Å². The number of nitrogens with two attached hydrogens (primary N) is 1. The van der Waals surface area contributed by atoms with Gasteiger partial charge in [0.2, 0.25) is 11.8 Å². The second kappa shape index (κ2) is 7.07. The smallest absolute Gasteiger partial charge is 0.223 e. The lowest BCUT2D eigenvalue weighted by atomic mass is 9.96. The van der Waals surface area contributed by atoms with Crippen LogP contribution in [0.4, 0.5) is 0 Å². The number of nitrogens with zero attached hydrogens (tertiary/aromatic N) is 3. The molecule has 0 unspecified atom stereocenters. The van der Waals surface area contributed by atoms with Crippen molar-refractivity contribution in [2.75, 3.05) is 32.7 Å². The average molecular weight is 355 g/mol. The highest BCUT2D eigenvalue weighted by molar-refractivity contribution is 5.78. The van der Waals surface area contributed by atoms with Crippen LogP contribution in [0.25, 0.3) is 11.0 Å². The molecule has 7 heteroatoms. The zero-order chi connectivity index (χ0) is 18.1. The van der Waals surface area contributed by atoms with Crippen LogP contribution in [0.3, 0.4) is 0 Å². The van der Waals surface area contributed by atoms with Crippen LogP contribution in [0, 0.1) is 5.92 Å². The Bertz CT molecular complexity index is 770. The quantitative estimate of drug-likeness (QED) is 0.839. The number of carbonyl (C=O) groups excluding carboxylic acids is 2. The molecule has 0 spiro atoms. The maximum absolute atomic E-state index is 12.4. The first-order valence-electron chi connectivity index (χ1n) is 9.34. The molecule has 0 bridgehead atoms. The van der Waals surface area contributed by atoms with E-state index in [-0.39, 0.29) is 17.7 Å². The lowest BCUT2D eigenvalue weighted by Gasteiger charge is -2.39. The Morgan fingerprint density at radius 2 is 1.92 bits per heavy atom. The Balaban J connectivity index is 1.22. The Labute approximate surface area is 152 Å². The maximum atomic E-state index is 12.4. The van der Waals surface area contributed by atoms with E-state index in [0.29, 0.717) is 12.3 Å². The van der Waals surface area contributed by atoms with Crippen molar-refractivity contribution in [3.8, 4) is 0 Å². The van der Waals surface area contributed by atoms with Crippen LogP contribution in [-0.4, -0.2) is 64.3 Å². The third-order valence-corrected chi connectivity index (χ3v) is 5.66. The van der Waals surface area contributed by atoms with E-state index in [1.54, 1.807) is 0 Å². The van der Waals surface area contributed by atoms with Gasteiger partial charge in [0.1, 0.15) is 5.82 Å². The fourth-order valence-electron chi connectivity index (χ4n) is 3.87. The standard InChI is InChI=1S/C19H25N5O2/c20-18(26)13-5-8-23(9-6-13)10-7-17(25)24-11-14(12-24)19-21-15-3-1-2-4-16(15)22-19/h1-4,13-14H,5-12H2,(H2,20,26)(H,21,22). The van der Waals surface area contributed by atoms with E-state index in [4.69, 9.17) is 5.73 Å². The highest BCUT2D eigenvalue weighted by Crippen LogP contribution is 2.27. The number of carbonyl (C=O) groups is 2. The molecule has 3 N–H and O–H groups in total. The number of benzene rings is 1. The Hall–Kier alpha value is -2.41. The second-order valence-corrected chi connectivity index (χ2v) is 7.40. The van der Waals surface area contributed by atoms with Crippen LogP contribution in [0.15, 0.2) is 24.3 Å². The number of amides is 2. The Morgan fingerprint density at radius 1 is 1.19 bits per heavy atom. The first-order chi connectivity index (χ1) is 12.6. The highest BCUT2D eigenvalue weighted by atomic mass is 16.2. The Kier molecular flexibility index (Phi) is 4.63. The van der Waals surface area contributed by atoms with Gasteiger partial charge >= 0.3 is 0 Å². The van der Waals surface area contributed by atoms with E-state index in [2.05, 4.69) is 14.9 Å². The van der Waals surface area contributed by atoms with Gasteiger partial charge in [-0.05, 0) is 38.1 Å². The summed E-state index contributed by atoms with van der Waals surface area (Å²) in [6.07, 6.45) is 2.15. The minimum absolute atomic E-state index is 0.00176. The molecule has 2 amide bonds.